The summed E-state index contributed by atoms with van der Waals surface area (Å²) in [6.45, 7) is 7.30. The van der Waals surface area contributed by atoms with Gasteiger partial charge in [0.1, 0.15) is 24.1 Å². The molecule has 0 saturated heterocycles. The number of aliphatic hydroxyl groups excluding tert-OH is 3. The van der Waals surface area contributed by atoms with E-state index in [1.165, 1.54) is 52.1 Å². The molecule has 2 amide bonds. The topological polar surface area (TPSA) is 178 Å². The van der Waals surface area contributed by atoms with E-state index in [0.29, 0.717) is 36.6 Å². The van der Waals surface area contributed by atoms with Gasteiger partial charge in [-0.25, -0.2) is 9.59 Å². The van der Waals surface area contributed by atoms with Crippen LogP contribution >= 0.6 is 0 Å². The maximum atomic E-state index is 14.0. The van der Waals surface area contributed by atoms with Crippen LogP contribution in [0.5, 0.6) is 11.5 Å². The van der Waals surface area contributed by atoms with Gasteiger partial charge < -0.3 is 49.2 Å². The van der Waals surface area contributed by atoms with Gasteiger partial charge in [-0.15, -0.1) is 6.58 Å². The number of unbranched alkanes of at least 4 members (excludes halogenated alkanes) is 11. The van der Waals surface area contributed by atoms with Crippen molar-refractivity contribution >= 4 is 17.9 Å². The highest BCUT2D eigenvalue weighted by atomic mass is 16.7. The minimum Gasteiger partial charge on any atom is -0.459 e. The first kappa shape index (κ1) is 53.5. The first-order valence-electron chi connectivity index (χ1n) is 25.1. The van der Waals surface area contributed by atoms with Crippen LogP contribution in [-0.2, 0) is 25.7 Å². The van der Waals surface area contributed by atoms with Crippen molar-refractivity contribution in [3.63, 3.8) is 0 Å². The summed E-state index contributed by atoms with van der Waals surface area (Å²) in [4.78, 5) is 35.1. The molecule has 5 rings (SSSR count). The van der Waals surface area contributed by atoms with E-state index in [1.807, 2.05) is 42.5 Å². The molecule has 14 heteroatoms. The van der Waals surface area contributed by atoms with E-state index in [4.69, 9.17) is 33.7 Å². The quantitative estimate of drug-likeness (QED) is 0.0312. The molecule has 372 valence electrons. The van der Waals surface area contributed by atoms with E-state index in [-0.39, 0.29) is 77.0 Å². The van der Waals surface area contributed by atoms with Crippen molar-refractivity contribution in [2.75, 3.05) is 59.8 Å². The van der Waals surface area contributed by atoms with Gasteiger partial charge in [0.05, 0.1) is 45.2 Å². The van der Waals surface area contributed by atoms with Gasteiger partial charge in [-0.2, -0.15) is 0 Å². The molecule has 67 heavy (non-hydrogen) atoms. The molecule has 0 radical (unpaired) electrons. The minimum absolute atomic E-state index is 0.0120. The Balaban J connectivity index is 1.55. The average Bonchev–Trinajstić information content (AvgIpc) is 3.34. The van der Waals surface area contributed by atoms with Crippen LogP contribution in [0.2, 0.25) is 0 Å². The van der Waals surface area contributed by atoms with Gasteiger partial charge in [-0.05, 0) is 73.3 Å². The molecule has 2 aromatic rings. The van der Waals surface area contributed by atoms with Gasteiger partial charge in [0.15, 0.2) is 0 Å². The third-order valence-electron chi connectivity index (χ3n) is 13.4. The van der Waals surface area contributed by atoms with Crippen LogP contribution in [0.15, 0.2) is 78.0 Å². The molecule has 2 aliphatic carbocycles. The van der Waals surface area contributed by atoms with Crippen LogP contribution in [0.25, 0.3) is 0 Å². The van der Waals surface area contributed by atoms with Crippen LogP contribution in [0.3, 0.4) is 0 Å². The fraction of sp³-hybridized carbons (Fsp3) is 0.642. The van der Waals surface area contributed by atoms with Crippen molar-refractivity contribution in [3.8, 4) is 11.5 Å². The molecule has 0 spiro atoms. The largest absolute Gasteiger partial charge is 0.459 e. The molecule has 1 aliphatic heterocycles. The van der Waals surface area contributed by atoms with Gasteiger partial charge in [0.25, 0.3) is 0 Å². The molecule has 14 nitrogen and oxygen atoms in total. The molecule has 4 N–H and O–H groups in total. The van der Waals surface area contributed by atoms with Crippen molar-refractivity contribution in [1.82, 2.24) is 10.2 Å². The highest BCUT2D eigenvalue weighted by molar-refractivity contribution is 6.03. The maximum Gasteiger partial charge on any atom is 0.412 e. The molecular weight excluding hydrogens is 855 g/mol. The van der Waals surface area contributed by atoms with E-state index >= 15 is 0 Å². The third-order valence-corrected chi connectivity index (χ3v) is 13.4. The number of fused-ring (bicyclic) bond motifs is 2. The first-order chi connectivity index (χ1) is 32.8. The van der Waals surface area contributed by atoms with E-state index in [0.717, 1.165) is 61.6 Å². The number of rotatable bonds is 32. The Bertz CT molecular complexity index is 1840. The molecule has 2 aromatic carbocycles. The second kappa shape index (κ2) is 29.4. The lowest BCUT2D eigenvalue weighted by Gasteiger charge is -2.59. The summed E-state index contributed by atoms with van der Waals surface area (Å²) in [7, 11) is 1.33. The summed E-state index contributed by atoms with van der Waals surface area (Å²) in [5.74, 6) is -1.53. The Morgan fingerprint density at radius 3 is 2.30 bits per heavy atom. The SMILES string of the molecule is C=CCO[C@@]12Oc3ccc(OC(=O)NCCCCCCCCCCCC)cc3[C@H]3[C@H](CCCCO)[C@@H](CCCCO)C=C(C(=NOCc4ccccc4)C[C@@H]1N(CCOCCO)C(=O)OC)[C@H]32. The van der Waals surface area contributed by atoms with Crippen LogP contribution in [0, 0.1) is 17.8 Å². The van der Waals surface area contributed by atoms with E-state index < -0.39 is 29.9 Å². The standard InChI is InChI=1S/C53H79N3O11/c1-4-6-7-8-9-10-11-12-13-19-28-54-51(60)66-42-26-27-47-45(37-42)49-43(25-18-21-31-58)41(24-17-20-30-57)36-44-46(55-65-39-40-22-15-14-16-23-40)38-48(53(67-47,50(44)49)64-33-5-2)56(52(61)62-3)29-34-63-35-32-59/h5,14-16,22-23,26-27,36-37,41,43,48-50,57-59H,2,4,6-13,17-21,24-25,28-35,38-39H2,1,3H3,(H,54,60)/t41-,43+,48-,49+,50+,53+/m0/s1. The minimum atomic E-state index is -1.51. The second-order valence-corrected chi connectivity index (χ2v) is 18.0. The van der Waals surface area contributed by atoms with E-state index in [9.17, 15) is 24.9 Å². The number of ether oxygens (including phenoxy) is 5. The van der Waals surface area contributed by atoms with Crippen LogP contribution in [-0.4, -0.2) is 110 Å². The normalized spacial score (nSPS) is 22.2. The van der Waals surface area contributed by atoms with E-state index in [1.54, 1.807) is 17.0 Å². The fourth-order valence-corrected chi connectivity index (χ4v) is 10.2. The molecule has 0 bridgehead atoms. The zero-order chi connectivity index (χ0) is 47.7. The van der Waals surface area contributed by atoms with Gasteiger partial charge >= 0.3 is 12.2 Å². The van der Waals surface area contributed by atoms with Gasteiger partial charge in [-0.1, -0.05) is 125 Å². The van der Waals surface area contributed by atoms with Crippen LogP contribution in [0.4, 0.5) is 9.59 Å². The predicted octanol–water partition coefficient (Wildman–Crippen LogP) is 9.61. The molecule has 1 saturated carbocycles. The zero-order valence-electron chi connectivity index (χ0n) is 40.3. The fourth-order valence-electron chi connectivity index (χ4n) is 10.2. The number of allylic oxidation sites excluding steroid dienone is 1. The first-order valence-corrected chi connectivity index (χ1v) is 25.1. The number of methoxy groups -OCH3 is 1. The maximum absolute atomic E-state index is 14.0. The summed E-state index contributed by atoms with van der Waals surface area (Å²) < 4.78 is 31.4. The van der Waals surface area contributed by atoms with Crippen molar-refractivity contribution in [2.24, 2.45) is 22.9 Å². The lowest BCUT2D eigenvalue weighted by Crippen LogP contribution is -2.70. The number of nitrogens with zero attached hydrogens (tertiary/aromatic N) is 2. The summed E-state index contributed by atoms with van der Waals surface area (Å²) in [6.07, 6.45) is 19.3. The number of carbonyl (C=O) groups is 2. The number of benzene rings is 2. The molecule has 6 atom stereocenters. The van der Waals surface area contributed by atoms with Crippen LogP contribution < -0.4 is 14.8 Å². The Morgan fingerprint density at radius 1 is 0.896 bits per heavy atom. The summed E-state index contributed by atoms with van der Waals surface area (Å²) in [5, 5.41) is 37.2. The van der Waals surface area contributed by atoms with Gasteiger partial charge in [0, 0.05) is 44.2 Å². The van der Waals surface area contributed by atoms with Crippen molar-refractivity contribution in [2.45, 2.75) is 140 Å². The molecule has 1 fully saturated rings. The Kier molecular flexibility index (Phi) is 23.5. The highest BCUT2D eigenvalue weighted by Gasteiger charge is 2.65. The van der Waals surface area contributed by atoms with Gasteiger partial charge in [0.2, 0.25) is 5.79 Å². The number of hydrogen-bond donors (Lipinski definition) is 4. The van der Waals surface area contributed by atoms with Crippen molar-refractivity contribution in [3.05, 3.63) is 84.0 Å². The number of aliphatic hydroxyl groups is 3. The smallest absolute Gasteiger partial charge is 0.412 e. The number of carbonyl (C=O) groups excluding carboxylic acids is 2. The Hall–Kier alpha value is -4.47. The zero-order valence-corrected chi connectivity index (χ0v) is 40.3. The van der Waals surface area contributed by atoms with E-state index in [2.05, 4.69) is 24.9 Å². The predicted molar refractivity (Wildman–Crippen MR) is 259 cm³/mol. The lowest BCUT2D eigenvalue weighted by atomic mass is 9.55. The van der Waals surface area contributed by atoms with Crippen molar-refractivity contribution in [1.29, 1.82) is 0 Å². The number of nitrogens with one attached hydrogen (secondary N) is 1. The lowest BCUT2D eigenvalue weighted by molar-refractivity contribution is -0.255. The molecule has 3 aliphatic rings. The molecule has 1 heterocycles. The number of amides is 2. The summed E-state index contributed by atoms with van der Waals surface area (Å²) >= 11 is 0. The molecule has 0 unspecified atom stereocenters. The summed E-state index contributed by atoms with van der Waals surface area (Å²) in [5.41, 5.74) is 3.27. The van der Waals surface area contributed by atoms with Crippen LogP contribution in [0.1, 0.15) is 133 Å². The second-order valence-electron chi connectivity index (χ2n) is 18.0. The summed E-state index contributed by atoms with van der Waals surface area (Å²) in [6, 6.07) is 14.4. The number of oxime groups is 1. The molecular formula is C53H79N3O11. The average molecular weight is 934 g/mol. The third kappa shape index (κ3) is 15.3. The monoisotopic (exact) mass is 934 g/mol. The Morgan fingerprint density at radius 2 is 1.61 bits per heavy atom. The van der Waals surface area contributed by atoms with Gasteiger partial charge in [-0.3, -0.25) is 4.90 Å². The van der Waals surface area contributed by atoms with Crippen molar-refractivity contribution < 1.29 is 53.4 Å². The number of hydrogen-bond acceptors (Lipinski definition) is 12. The highest BCUT2D eigenvalue weighted by Crippen LogP contribution is 2.62. The molecule has 0 aromatic heterocycles. The Labute approximate surface area is 399 Å².